The van der Waals surface area contributed by atoms with Crippen molar-refractivity contribution in [2.45, 2.75) is 26.2 Å². The molecule has 0 aliphatic rings. The Balaban J connectivity index is 2.09. The lowest BCUT2D eigenvalue weighted by atomic mass is 9.86. The molecule has 0 aliphatic heterocycles. The summed E-state index contributed by atoms with van der Waals surface area (Å²) < 4.78 is 17.2. The molecule has 0 saturated carbocycles. The first-order chi connectivity index (χ1) is 12.2. The maximum Gasteiger partial charge on any atom is 0.262 e. The van der Waals surface area contributed by atoms with Crippen molar-refractivity contribution in [2.75, 3.05) is 26.1 Å². The Labute approximate surface area is 162 Å². The fourth-order valence-electron chi connectivity index (χ4n) is 2.45. The molecule has 1 amide bonds. The van der Waals surface area contributed by atoms with Gasteiger partial charge in [0.25, 0.3) is 5.91 Å². The van der Waals surface area contributed by atoms with Gasteiger partial charge in [0.2, 0.25) is 0 Å². The largest absolute Gasteiger partial charge is 0.497 e. The molecule has 0 fully saturated rings. The molecular formula is C20H24BrNO4. The van der Waals surface area contributed by atoms with Crippen LogP contribution in [0.5, 0.6) is 17.2 Å². The van der Waals surface area contributed by atoms with Crippen LogP contribution in [0.25, 0.3) is 0 Å². The van der Waals surface area contributed by atoms with E-state index in [1.165, 1.54) is 0 Å². The predicted molar refractivity (Wildman–Crippen MR) is 107 cm³/mol. The van der Waals surface area contributed by atoms with E-state index in [1.807, 2.05) is 18.2 Å². The van der Waals surface area contributed by atoms with Crippen LogP contribution >= 0.6 is 15.9 Å². The van der Waals surface area contributed by atoms with Crippen molar-refractivity contribution >= 4 is 27.5 Å². The molecule has 0 heterocycles. The fraction of sp³-hybridized carbons (Fsp3) is 0.350. The second-order valence-electron chi connectivity index (χ2n) is 6.79. The van der Waals surface area contributed by atoms with Crippen molar-refractivity contribution in [3.8, 4) is 17.2 Å². The lowest BCUT2D eigenvalue weighted by Crippen LogP contribution is -2.22. The molecule has 2 rings (SSSR count). The molecule has 0 aliphatic carbocycles. The average Bonchev–Trinajstić information content (AvgIpc) is 2.60. The number of hydrogen-bond donors (Lipinski definition) is 1. The summed E-state index contributed by atoms with van der Waals surface area (Å²) in [6.07, 6.45) is 0. The van der Waals surface area contributed by atoms with Crippen molar-refractivity contribution in [2.24, 2.45) is 0 Å². The van der Waals surface area contributed by atoms with Gasteiger partial charge in [-0.3, -0.25) is 4.79 Å². The Morgan fingerprint density at radius 3 is 2.38 bits per heavy atom. The van der Waals surface area contributed by atoms with Crippen molar-refractivity contribution in [3.63, 3.8) is 0 Å². The predicted octanol–water partition coefficient (Wildman–Crippen LogP) is 4.78. The summed E-state index contributed by atoms with van der Waals surface area (Å²) in [4.78, 5) is 12.3. The first kappa shape index (κ1) is 20.1. The number of anilines is 1. The van der Waals surface area contributed by atoms with Crippen molar-refractivity contribution in [1.82, 2.24) is 0 Å². The van der Waals surface area contributed by atoms with Gasteiger partial charge in [-0.1, -0.05) is 36.7 Å². The van der Waals surface area contributed by atoms with E-state index in [1.54, 1.807) is 32.4 Å². The Morgan fingerprint density at radius 1 is 1.04 bits per heavy atom. The number of rotatable bonds is 6. The molecule has 0 radical (unpaired) electrons. The van der Waals surface area contributed by atoms with Crippen LogP contribution in [0.15, 0.2) is 40.9 Å². The summed E-state index contributed by atoms with van der Waals surface area (Å²) in [5.74, 6) is 1.60. The number of carbonyl (C=O) groups excluding carboxylic acids is 1. The zero-order valence-electron chi connectivity index (χ0n) is 15.7. The van der Waals surface area contributed by atoms with Crippen LogP contribution in [0.3, 0.4) is 0 Å². The molecule has 0 aromatic heterocycles. The van der Waals surface area contributed by atoms with E-state index in [0.717, 1.165) is 10.0 Å². The topological polar surface area (TPSA) is 56.8 Å². The van der Waals surface area contributed by atoms with Crippen LogP contribution in [0.4, 0.5) is 5.69 Å². The van der Waals surface area contributed by atoms with E-state index >= 15 is 0 Å². The maximum absolute atomic E-state index is 12.3. The molecule has 0 atom stereocenters. The summed E-state index contributed by atoms with van der Waals surface area (Å²) in [5.41, 5.74) is 1.49. The standard InChI is InChI=1S/C20H24BrNO4/c1-20(2,3)15-10-13(21)6-9-17(15)26-12-19(23)22-16-8-7-14(24-4)11-18(16)25-5/h6-11H,12H2,1-5H3,(H,22,23). The number of ether oxygens (including phenoxy) is 3. The lowest BCUT2D eigenvalue weighted by molar-refractivity contribution is -0.118. The van der Waals surface area contributed by atoms with Gasteiger partial charge >= 0.3 is 0 Å². The van der Waals surface area contributed by atoms with Crippen molar-refractivity contribution in [3.05, 3.63) is 46.4 Å². The zero-order valence-corrected chi connectivity index (χ0v) is 17.3. The highest BCUT2D eigenvalue weighted by Gasteiger charge is 2.20. The Morgan fingerprint density at radius 2 is 1.77 bits per heavy atom. The fourth-order valence-corrected chi connectivity index (χ4v) is 2.81. The molecule has 26 heavy (non-hydrogen) atoms. The van der Waals surface area contributed by atoms with Gasteiger partial charge < -0.3 is 19.5 Å². The monoisotopic (exact) mass is 421 g/mol. The lowest BCUT2D eigenvalue weighted by Gasteiger charge is -2.23. The number of carbonyl (C=O) groups is 1. The van der Waals surface area contributed by atoms with Gasteiger partial charge in [0, 0.05) is 16.1 Å². The van der Waals surface area contributed by atoms with E-state index in [-0.39, 0.29) is 17.9 Å². The summed E-state index contributed by atoms with van der Waals surface area (Å²) in [7, 11) is 3.12. The van der Waals surface area contributed by atoms with E-state index in [0.29, 0.717) is 22.9 Å². The first-order valence-corrected chi connectivity index (χ1v) is 8.98. The van der Waals surface area contributed by atoms with E-state index in [9.17, 15) is 4.79 Å². The molecule has 0 unspecified atom stereocenters. The number of hydrogen-bond acceptors (Lipinski definition) is 4. The highest BCUT2D eigenvalue weighted by Crippen LogP contribution is 2.34. The number of benzene rings is 2. The molecule has 0 bridgehead atoms. The van der Waals surface area contributed by atoms with Crippen molar-refractivity contribution < 1.29 is 19.0 Å². The summed E-state index contributed by atoms with van der Waals surface area (Å²) in [6.45, 7) is 6.21. The smallest absolute Gasteiger partial charge is 0.262 e. The molecule has 0 spiro atoms. The van der Waals surface area contributed by atoms with Crippen LogP contribution in [0, 0.1) is 0 Å². The molecule has 2 aromatic carbocycles. The SMILES string of the molecule is COc1ccc(NC(=O)COc2ccc(Br)cc2C(C)(C)C)c(OC)c1. The average molecular weight is 422 g/mol. The minimum Gasteiger partial charge on any atom is -0.497 e. The van der Waals surface area contributed by atoms with Gasteiger partial charge in [-0.25, -0.2) is 0 Å². The molecule has 0 saturated heterocycles. The molecule has 140 valence electrons. The van der Waals surface area contributed by atoms with E-state index in [4.69, 9.17) is 14.2 Å². The first-order valence-electron chi connectivity index (χ1n) is 8.19. The number of halogens is 1. The van der Waals surface area contributed by atoms with Crippen LogP contribution in [-0.4, -0.2) is 26.7 Å². The normalized spacial score (nSPS) is 11.0. The maximum atomic E-state index is 12.3. The van der Waals surface area contributed by atoms with Crippen LogP contribution in [0.2, 0.25) is 0 Å². The minimum absolute atomic E-state index is 0.0973. The molecule has 5 nitrogen and oxygen atoms in total. The Bertz CT molecular complexity index is 784. The second kappa shape index (κ2) is 8.45. The number of amides is 1. The van der Waals surface area contributed by atoms with Crippen molar-refractivity contribution in [1.29, 1.82) is 0 Å². The third-order valence-electron chi connectivity index (χ3n) is 3.79. The van der Waals surface area contributed by atoms with Gasteiger partial charge in [-0.05, 0) is 35.7 Å². The molecule has 6 heteroatoms. The third kappa shape index (κ3) is 5.14. The number of nitrogens with one attached hydrogen (secondary N) is 1. The molecular weight excluding hydrogens is 398 g/mol. The molecule has 2 aromatic rings. The quantitative estimate of drug-likeness (QED) is 0.728. The Hall–Kier alpha value is -2.21. The second-order valence-corrected chi connectivity index (χ2v) is 7.71. The summed E-state index contributed by atoms with van der Waals surface area (Å²) in [5, 5.41) is 2.80. The minimum atomic E-state index is -0.267. The number of methoxy groups -OCH3 is 2. The van der Waals surface area contributed by atoms with Gasteiger partial charge in [0.1, 0.15) is 17.2 Å². The summed E-state index contributed by atoms with van der Waals surface area (Å²) in [6, 6.07) is 11.0. The van der Waals surface area contributed by atoms with Gasteiger partial charge in [0.05, 0.1) is 19.9 Å². The van der Waals surface area contributed by atoms with Gasteiger partial charge in [-0.2, -0.15) is 0 Å². The van der Waals surface area contributed by atoms with Crippen LogP contribution < -0.4 is 19.5 Å². The van der Waals surface area contributed by atoms with Gasteiger partial charge in [0.15, 0.2) is 6.61 Å². The van der Waals surface area contributed by atoms with E-state index in [2.05, 4.69) is 42.0 Å². The highest BCUT2D eigenvalue weighted by molar-refractivity contribution is 9.10. The highest BCUT2D eigenvalue weighted by atomic mass is 79.9. The zero-order chi connectivity index (χ0) is 19.3. The van der Waals surface area contributed by atoms with Crippen LogP contribution in [0.1, 0.15) is 26.3 Å². The Kier molecular flexibility index (Phi) is 6.53. The van der Waals surface area contributed by atoms with E-state index < -0.39 is 0 Å². The van der Waals surface area contributed by atoms with Crippen LogP contribution in [-0.2, 0) is 10.2 Å². The molecule has 1 N–H and O–H groups in total. The summed E-state index contributed by atoms with van der Waals surface area (Å²) >= 11 is 3.48. The van der Waals surface area contributed by atoms with Gasteiger partial charge in [-0.15, -0.1) is 0 Å². The third-order valence-corrected chi connectivity index (χ3v) is 4.28.